The van der Waals surface area contributed by atoms with Crippen LogP contribution < -0.4 is 15.4 Å². The summed E-state index contributed by atoms with van der Waals surface area (Å²) in [4.78, 5) is 27.5. The van der Waals surface area contributed by atoms with Crippen LogP contribution in [0.4, 0.5) is 15.8 Å². The number of anilines is 2. The average Bonchev–Trinajstić information content (AvgIpc) is 2.67. The first kappa shape index (κ1) is 18.1. The predicted octanol–water partition coefficient (Wildman–Crippen LogP) is 3.49. The molecule has 1 aromatic heterocycles. The fraction of sp³-hybridized carbons (Fsp3) is 0.0500. The lowest BCUT2D eigenvalue weighted by Crippen LogP contribution is -2.20. The molecule has 0 atom stereocenters. The van der Waals surface area contributed by atoms with Crippen LogP contribution in [0.5, 0.6) is 5.75 Å². The molecule has 136 valence electrons. The van der Waals surface area contributed by atoms with Crippen LogP contribution in [0.15, 0.2) is 72.9 Å². The maximum Gasteiger partial charge on any atom is 0.262 e. The summed E-state index contributed by atoms with van der Waals surface area (Å²) in [7, 11) is 0. The summed E-state index contributed by atoms with van der Waals surface area (Å²) in [5.41, 5.74) is 1.28. The molecule has 2 N–H and O–H groups in total. The van der Waals surface area contributed by atoms with E-state index in [9.17, 15) is 14.0 Å². The summed E-state index contributed by atoms with van der Waals surface area (Å²) in [5, 5.41) is 5.35. The van der Waals surface area contributed by atoms with E-state index in [4.69, 9.17) is 4.74 Å². The summed E-state index contributed by atoms with van der Waals surface area (Å²) >= 11 is 0. The van der Waals surface area contributed by atoms with Gasteiger partial charge in [0.15, 0.2) is 6.61 Å². The second-order valence-electron chi connectivity index (χ2n) is 5.55. The summed E-state index contributed by atoms with van der Waals surface area (Å²) in [6.07, 6.45) is 1.22. The van der Waals surface area contributed by atoms with Gasteiger partial charge in [0.2, 0.25) is 5.95 Å². The van der Waals surface area contributed by atoms with Gasteiger partial charge in [0.1, 0.15) is 5.75 Å². The van der Waals surface area contributed by atoms with Gasteiger partial charge in [-0.1, -0.05) is 24.3 Å². The fourth-order valence-corrected chi connectivity index (χ4v) is 2.28. The number of aromatic nitrogens is 1. The summed E-state index contributed by atoms with van der Waals surface area (Å²) < 4.78 is 18.6. The smallest absolute Gasteiger partial charge is 0.262 e. The number of hydrogen-bond donors (Lipinski definition) is 2. The van der Waals surface area contributed by atoms with Crippen molar-refractivity contribution in [2.75, 3.05) is 17.2 Å². The number of amides is 2. The largest absolute Gasteiger partial charge is 0.484 e. The zero-order chi connectivity index (χ0) is 19.1. The Bertz CT molecular complexity index is 948. The SMILES string of the molecule is O=C(COc1cccc(NC(=O)c2ccnc(F)c2)c1)Nc1ccccc1. The normalized spacial score (nSPS) is 10.1. The minimum absolute atomic E-state index is 0.149. The second-order valence-corrected chi connectivity index (χ2v) is 5.55. The Balaban J connectivity index is 1.57. The predicted molar refractivity (Wildman–Crippen MR) is 99.2 cm³/mol. The number of pyridine rings is 1. The van der Waals surface area contributed by atoms with Crippen LogP contribution in [0.3, 0.4) is 0 Å². The Kier molecular flexibility index (Phi) is 5.73. The first-order valence-corrected chi connectivity index (χ1v) is 8.11. The molecule has 0 radical (unpaired) electrons. The lowest BCUT2D eigenvalue weighted by Gasteiger charge is -2.10. The third kappa shape index (κ3) is 5.37. The van der Waals surface area contributed by atoms with Crippen molar-refractivity contribution in [2.24, 2.45) is 0 Å². The van der Waals surface area contributed by atoms with Crippen LogP contribution in [-0.4, -0.2) is 23.4 Å². The molecule has 27 heavy (non-hydrogen) atoms. The number of halogens is 1. The van der Waals surface area contributed by atoms with Crippen LogP contribution in [0, 0.1) is 5.95 Å². The summed E-state index contributed by atoms with van der Waals surface area (Å²) in [6, 6.07) is 18.1. The van der Waals surface area contributed by atoms with Crippen molar-refractivity contribution >= 4 is 23.2 Å². The molecule has 2 amide bonds. The van der Waals surface area contributed by atoms with E-state index in [1.165, 1.54) is 12.3 Å². The highest BCUT2D eigenvalue weighted by molar-refractivity contribution is 6.04. The van der Waals surface area contributed by atoms with Gasteiger partial charge in [-0.25, -0.2) is 4.98 Å². The first-order valence-electron chi connectivity index (χ1n) is 8.11. The van der Waals surface area contributed by atoms with E-state index in [2.05, 4.69) is 15.6 Å². The standard InChI is InChI=1S/C20H16FN3O3/c21-18-11-14(9-10-22-18)20(26)24-16-7-4-8-17(12-16)27-13-19(25)23-15-5-2-1-3-6-15/h1-12H,13H2,(H,23,25)(H,24,26). The van der Waals surface area contributed by atoms with Gasteiger partial charge in [-0.05, 0) is 30.3 Å². The Morgan fingerprint density at radius 1 is 0.926 bits per heavy atom. The van der Waals surface area contributed by atoms with Crippen molar-refractivity contribution in [3.63, 3.8) is 0 Å². The van der Waals surface area contributed by atoms with E-state index in [-0.39, 0.29) is 18.1 Å². The third-order valence-electron chi connectivity index (χ3n) is 3.51. The van der Waals surface area contributed by atoms with E-state index >= 15 is 0 Å². The molecule has 0 bridgehead atoms. The Morgan fingerprint density at radius 2 is 1.70 bits per heavy atom. The van der Waals surface area contributed by atoms with Crippen molar-refractivity contribution in [2.45, 2.75) is 0 Å². The van der Waals surface area contributed by atoms with Crippen molar-refractivity contribution in [3.8, 4) is 5.75 Å². The van der Waals surface area contributed by atoms with Crippen LogP contribution in [0.2, 0.25) is 0 Å². The number of rotatable bonds is 6. The number of carbonyl (C=O) groups is 2. The van der Waals surface area contributed by atoms with Gasteiger partial charge in [-0.2, -0.15) is 4.39 Å². The maximum absolute atomic E-state index is 13.1. The lowest BCUT2D eigenvalue weighted by atomic mass is 10.2. The average molecular weight is 365 g/mol. The first-order chi connectivity index (χ1) is 13.1. The third-order valence-corrected chi connectivity index (χ3v) is 3.51. The van der Waals surface area contributed by atoms with Gasteiger partial charge in [-0.15, -0.1) is 0 Å². The molecule has 1 heterocycles. The fourth-order valence-electron chi connectivity index (χ4n) is 2.28. The van der Waals surface area contributed by atoms with Crippen molar-refractivity contribution < 1.29 is 18.7 Å². The Labute approximate surface area is 155 Å². The number of carbonyl (C=O) groups excluding carboxylic acids is 2. The number of nitrogens with zero attached hydrogens (tertiary/aromatic N) is 1. The van der Waals surface area contributed by atoms with Gasteiger partial charge in [-0.3, -0.25) is 9.59 Å². The lowest BCUT2D eigenvalue weighted by molar-refractivity contribution is -0.118. The molecule has 0 fully saturated rings. The highest BCUT2D eigenvalue weighted by Crippen LogP contribution is 2.18. The number of ether oxygens (including phenoxy) is 1. The Hall–Kier alpha value is -3.74. The zero-order valence-corrected chi connectivity index (χ0v) is 14.2. The van der Waals surface area contributed by atoms with Gasteiger partial charge < -0.3 is 15.4 Å². The van der Waals surface area contributed by atoms with E-state index in [1.807, 2.05) is 18.2 Å². The minimum atomic E-state index is -0.732. The molecule has 0 saturated carbocycles. The minimum Gasteiger partial charge on any atom is -0.484 e. The molecule has 0 spiro atoms. The van der Waals surface area contributed by atoms with E-state index in [1.54, 1.807) is 36.4 Å². The van der Waals surface area contributed by atoms with E-state index < -0.39 is 11.9 Å². The van der Waals surface area contributed by atoms with E-state index in [0.717, 1.165) is 6.07 Å². The van der Waals surface area contributed by atoms with Gasteiger partial charge in [0, 0.05) is 35.3 Å². The molecule has 0 aliphatic rings. The topological polar surface area (TPSA) is 80.3 Å². The maximum atomic E-state index is 13.1. The summed E-state index contributed by atoms with van der Waals surface area (Å²) in [6.45, 7) is -0.179. The molecule has 2 aromatic carbocycles. The zero-order valence-electron chi connectivity index (χ0n) is 14.2. The second kappa shape index (κ2) is 8.57. The van der Waals surface area contributed by atoms with Crippen LogP contribution >= 0.6 is 0 Å². The number of nitrogens with one attached hydrogen (secondary N) is 2. The Morgan fingerprint density at radius 3 is 2.48 bits per heavy atom. The number of para-hydroxylation sites is 1. The van der Waals surface area contributed by atoms with Crippen LogP contribution in [-0.2, 0) is 4.79 Å². The molecule has 0 unspecified atom stereocenters. The van der Waals surface area contributed by atoms with Crippen LogP contribution in [0.1, 0.15) is 10.4 Å². The quantitative estimate of drug-likeness (QED) is 0.655. The number of hydrogen-bond acceptors (Lipinski definition) is 4. The van der Waals surface area contributed by atoms with Gasteiger partial charge in [0.25, 0.3) is 11.8 Å². The molecule has 6 nitrogen and oxygen atoms in total. The molecule has 0 aliphatic heterocycles. The highest BCUT2D eigenvalue weighted by atomic mass is 19.1. The molecule has 0 aliphatic carbocycles. The molecule has 7 heteroatoms. The molecule has 3 rings (SSSR count). The molecule has 3 aromatic rings. The number of benzene rings is 2. The van der Waals surface area contributed by atoms with Gasteiger partial charge >= 0.3 is 0 Å². The molecule has 0 saturated heterocycles. The van der Waals surface area contributed by atoms with E-state index in [0.29, 0.717) is 17.1 Å². The molecular weight excluding hydrogens is 349 g/mol. The van der Waals surface area contributed by atoms with Crippen LogP contribution in [0.25, 0.3) is 0 Å². The van der Waals surface area contributed by atoms with Crippen molar-refractivity contribution in [1.29, 1.82) is 0 Å². The molecular formula is C20H16FN3O3. The highest BCUT2D eigenvalue weighted by Gasteiger charge is 2.09. The van der Waals surface area contributed by atoms with Crippen molar-refractivity contribution in [3.05, 3.63) is 84.4 Å². The summed E-state index contributed by atoms with van der Waals surface area (Å²) in [5.74, 6) is -1.10. The van der Waals surface area contributed by atoms with Gasteiger partial charge in [0.05, 0.1) is 0 Å². The van der Waals surface area contributed by atoms with Crippen molar-refractivity contribution in [1.82, 2.24) is 4.98 Å². The monoisotopic (exact) mass is 365 g/mol.